The third-order valence-electron chi connectivity index (χ3n) is 5.09. The van der Waals surface area contributed by atoms with E-state index in [0.717, 1.165) is 6.07 Å². The zero-order valence-electron chi connectivity index (χ0n) is 15.4. The molecule has 0 unspecified atom stereocenters. The molecular formula is C20H19ClFN3O4. The van der Waals surface area contributed by atoms with E-state index >= 15 is 0 Å². The molecule has 2 N–H and O–H groups in total. The van der Waals surface area contributed by atoms with Gasteiger partial charge in [-0.3, -0.25) is 9.59 Å². The number of aromatic nitrogens is 1. The fourth-order valence-corrected chi connectivity index (χ4v) is 4.12. The molecule has 29 heavy (non-hydrogen) atoms. The number of nitrogens with one attached hydrogen (secondary N) is 2. The van der Waals surface area contributed by atoms with Crippen molar-refractivity contribution < 1.29 is 23.5 Å². The molecule has 5 rings (SSSR count). The molecule has 1 heterocycles. The number of carbonyl (C=O) groups excluding carboxylic acids is 2. The van der Waals surface area contributed by atoms with Crippen molar-refractivity contribution in [3.63, 3.8) is 0 Å². The Morgan fingerprint density at radius 2 is 1.69 bits per heavy atom. The van der Waals surface area contributed by atoms with Gasteiger partial charge in [0.2, 0.25) is 5.88 Å². The average Bonchev–Trinajstić information content (AvgIpc) is 2.65. The Bertz CT molecular complexity index is 921. The van der Waals surface area contributed by atoms with E-state index in [2.05, 4.69) is 15.6 Å². The van der Waals surface area contributed by atoms with Crippen molar-refractivity contribution in [1.29, 1.82) is 0 Å². The smallest absolute Gasteiger partial charge is 0.258 e. The number of hydrogen-bond acceptors (Lipinski definition) is 5. The van der Waals surface area contributed by atoms with Crippen molar-refractivity contribution in [1.82, 2.24) is 15.6 Å². The van der Waals surface area contributed by atoms with E-state index in [9.17, 15) is 14.0 Å². The summed E-state index contributed by atoms with van der Waals surface area (Å²) in [5, 5.41) is 5.90. The molecule has 2 bridgehead atoms. The van der Waals surface area contributed by atoms with Crippen LogP contribution in [-0.4, -0.2) is 41.1 Å². The molecule has 0 radical (unpaired) electrons. The van der Waals surface area contributed by atoms with Crippen LogP contribution in [0.5, 0.6) is 11.6 Å². The first-order chi connectivity index (χ1) is 13.9. The van der Waals surface area contributed by atoms with Gasteiger partial charge in [-0.1, -0.05) is 17.7 Å². The molecule has 152 valence electrons. The van der Waals surface area contributed by atoms with Gasteiger partial charge in [0.05, 0.1) is 5.02 Å². The van der Waals surface area contributed by atoms with E-state index in [-0.39, 0.29) is 46.9 Å². The number of hydrogen-bond donors (Lipinski definition) is 2. The summed E-state index contributed by atoms with van der Waals surface area (Å²) in [6, 6.07) is 9.22. The molecule has 0 saturated heterocycles. The van der Waals surface area contributed by atoms with Gasteiger partial charge < -0.3 is 20.1 Å². The first-order valence-electron chi connectivity index (χ1n) is 9.11. The van der Waals surface area contributed by atoms with Crippen LogP contribution >= 0.6 is 11.6 Å². The molecule has 1 aromatic heterocycles. The van der Waals surface area contributed by atoms with Crippen LogP contribution in [0.3, 0.4) is 0 Å². The van der Waals surface area contributed by atoms with Gasteiger partial charge in [-0.2, -0.15) is 0 Å². The predicted molar refractivity (Wildman–Crippen MR) is 102 cm³/mol. The third kappa shape index (κ3) is 4.27. The zero-order chi connectivity index (χ0) is 20.5. The summed E-state index contributed by atoms with van der Waals surface area (Å²) in [5.41, 5.74) is -0.585. The fraction of sp³-hybridized carbons (Fsp3) is 0.350. The molecule has 2 amide bonds. The highest BCUT2D eigenvalue weighted by Crippen LogP contribution is 2.60. The molecule has 0 atom stereocenters. The number of rotatable bonds is 8. The Kier molecular flexibility index (Phi) is 5.04. The van der Waals surface area contributed by atoms with Crippen LogP contribution in [0.15, 0.2) is 42.6 Å². The maximum atomic E-state index is 13.4. The number of benzene rings is 1. The summed E-state index contributed by atoms with van der Waals surface area (Å²) in [7, 11) is 0. The number of nitrogens with zero attached hydrogens (tertiary/aromatic N) is 1. The molecule has 0 spiro atoms. The van der Waals surface area contributed by atoms with Crippen molar-refractivity contribution in [3.8, 4) is 11.6 Å². The third-order valence-corrected chi connectivity index (χ3v) is 5.40. The van der Waals surface area contributed by atoms with Crippen LogP contribution in [-0.2, 0) is 9.59 Å². The lowest BCUT2D eigenvalue weighted by Gasteiger charge is -2.70. The minimum atomic E-state index is -0.603. The molecule has 0 aliphatic heterocycles. The van der Waals surface area contributed by atoms with Crippen LogP contribution in [0.25, 0.3) is 0 Å². The van der Waals surface area contributed by atoms with E-state index < -0.39 is 5.82 Å². The Morgan fingerprint density at radius 1 is 1.03 bits per heavy atom. The van der Waals surface area contributed by atoms with Crippen LogP contribution in [0.2, 0.25) is 5.02 Å². The second-order valence-electron chi connectivity index (χ2n) is 7.51. The van der Waals surface area contributed by atoms with Crippen molar-refractivity contribution in [3.05, 3.63) is 53.4 Å². The minimum absolute atomic E-state index is 0.00607. The first kappa shape index (κ1) is 19.4. The van der Waals surface area contributed by atoms with Gasteiger partial charge in [0.1, 0.15) is 11.6 Å². The van der Waals surface area contributed by atoms with E-state index in [1.54, 1.807) is 24.4 Å². The molecule has 3 aliphatic rings. The summed E-state index contributed by atoms with van der Waals surface area (Å²) in [6.07, 6.45) is 3.58. The van der Waals surface area contributed by atoms with E-state index in [0.29, 0.717) is 25.1 Å². The van der Waals surface area contributed by atoms with Gasteiger partial charge in [-0.25, -0.2) is 9.37 Å². The van der Waals surface area contributed by atoms with Crippen LogP contribution in [0.1, 0.15) is 19.3 Å². The molecule has 7 nitrogen and oxygen atoms in total. The van der Waals surface area contributed by atoms with Crippen LogP contribution in [0.4, 0.5) is 4.39 Å². The number of amides is 2. The van der Waals surface area contributed by atoms with Gasteiger partial charge in [0.25, 0.3) is 11.8 Å². The second kappa shape index (κ2) is 7.51. The topological polar surface area (TPSA) is 89.6 Å². The van der Waals surface area contributed by atoms with Crippen molar-refractivity contribution >= 4 is 23.4 Å². The normalized spacial score (nSPS) is 23.9. The van der Waals surface area contributed by atoms with Crippen molar-refractivity contribution in [2.75, 3.05) is 13.2 Å². The standard InChI is InChI=1S/C20H19ClFN3O4/c21-14-5-4-13(7-15(14)22)28-8-16(26)24-19-10-20(11-19,12-19)25-17(27)9-29-18-3-1-2-6-23-18/h1-7H,8-12H2,(H,24,26)(H,25,27). The molecule has 9 heteroatoms. The lowest BCUT2D eigenvalue weighted by atomic mass is 9.44. The fourth-order valence-electron chi connectivity index (χ4n) is 4.00. The summed E-state index contributed by atoms with van der Waals surface area (Å²) < 4.78 is 24.0. The molecular weight excluding hydrogens is 401 g/mol. The number of halogens is 2. The highest BCUT2D eigenvalue weighted by molar-refractivity contribution is 6.30. The summed E-state index contributed by atoms with van der Waals surface area (Å²) in [5.74, 6) is -0.489. The number of ether oxygens (including phenoxy) is 2. The maximum Gasteiger partial charge on any atom is 0.258 e. The monoisotopic (exact) mass is 419 g/mol. The Balaban J connectivity index is 1.17. The lowest BCUT2D eigenvalue weighted by Crippen LogP contribution is -2.84. The largest absolute Gasteiger partial charge is 0.484 e. The summed E-state index contributed by atoms with van der Waals surface area (Å²) in [6.45, 7) is -0.330. The van der Waals surface area contributed by atoms with E-state index in [4.69, 9.17) is 21.1 Å². The van der Waals surface area contributed by atoms with Gasteiger partial charge >= 0.3 is 0 Å². The second-order valence-corrected chi connectivity index (χ2v) is 7.92. The van der Waals surface area contributed by atoms with Gasteiger partial charge in [-0.15, -0.1) is 0 Å². The molecule has 2 aromatic rings. The number of carbonyl (C=O) groups is 2. The first-order valence-corrected chi connectivity index (χ1v) is 9.49. The molecule has 3 saturated carbocycles. The van der Waals surface area contributed by atoms with Crippen molar-refractivity contribution in [2.24, 2.45) is 0 Å². The Labute approximate surface area is 171 Å². The highest BCUT2D eigenvalue weighted by atomic mass is 35.5. The molecule has 3 fully saturated rings. The molecule has 1 aromatic carbocycles. The summed E-state index contributed by atoms with van der Waals surface area (Å²) >= 11 is 5.61. The summed E-state index contributed by atoms with van der Waals surface area (Å²) in [4.78, 5) is 28.2. The SMILES string of the molecule is O=C(COc1ccc(Cl)c(F)c1)NC12CC(NC(=O)COc3ccccn3)(C1)C2. The van der Waals surface area contributed by atoms with Crippen LogP contribution < -0.4 is 20.1 Å². The van der Waals surface area contributed by atoms with Gasteiger partial charge in [0.15, 0.2) is 13.2 Å². The lowest BCUT2D eigenvalue weighted by molar-refractivity contribution is -0.151. The Morgan fingerprint density at radius 3 is 2.28 bits per heavy atom. The predicted octanol–water partition coefficient (Wildman–Crippen LogP) is 2.24. The molecule has 3 aliphatic carbocycles. The van der Waals surface area contributed by atoms with Gasteiger partial charge in [0, 0.05) is 29.4 Å². The zero-order valence-corrected chi connectivity index (χ0v) is 16.2. The number of pyridine rings is 1. The minimum Gasteiger partial charge on any atom is -0.484 e. The van der Waals surface area contributed by atoms with E-state index in [1.807, 2.05) is 0 Å². The van der Waals surface area contributed by atoms with Crippen molar-refractivity contribution in [2.45, 2.75) is 30.3 Å². The highest BCUT2D eigenvalue weighted by Gasteiger charge is 2.69. The quantitative estimate of drug-likeness (QED) is 0.685. The average molecular weight is 420 g/mol. The maximum absolute atomic E-state index is 13.4. The van der Waals surface area contributed by atoms with Crippen LogP contribution in [0, 0.1) is 5.82 Å². The van der Waals surface area contributed by atoms with Gasteiger partial charge in [-0.05, 0) is 37.5 Å². The van der Waals surface area contributed by atoms with E-state index in [1.165, 1.54) is 12.1 Å². The Hall–Kier alpha value is -2.87.